The fraction of sp³-hybridized carbons (Fsp3) is 0.348. The number of nitrogens with zero attached hydrogens (tertiary/aromatic N) is 1. The summed E-state index contributed by atoms with van der Waals surface area (Å²) < 4.78 is 11.5. The Morgan fingerprint density at radius 2 is 1.93 bits per heavy atom. The number of aromatic hydroxyl groups is 1. The van der Waals surface area contributed by atoms with E-state index in [0.29, 0.717) is 29.9 Å². The molecule has 1 saturated carbocycles. The number of oxazole rings is 1. The molecule has 0 spiro atoms. The van der Waals surface area contributed by atoms with Gasteiger partial charge in [0.2, 0.25) is 5.89 Å². The summed E-state index contributed by atoms with van der Waals surface area (Å²) >= 11 is 0. The molecule has 1 heterocycles. The Morgan fingerprint density at radius 1 is 1.11 bits per heavy atom. The largest absolute Gasteiger partial charge is 0.504 e. The van der Waals surface area contributed by atoms with E-state index >= 15 is 0 Å². The molecule has 1 fully saturated rings. The minimum Gasteiger partial charge on any atom is -0.504 e. The highest BCUT2D eigenvalue weighted by Gasteiger charge is 2.16. The fourth-order valence-electron chi connectivity index (χ4n) is 3.70. The molecule has 1 aromatic heterocycles. The molecule has 4 rings (SSSR count). The molecule has 1 aliphatic carbocycles. The second-order valence-electron chi connectivity index (χ2n) is 7.35. The van der Waals surface area contributed by atoms with E-state index in [1.807, 2.05) is 43.3 Å². The van der Waals surface area contributed by atoms with Gasteiger partial charge in [0.25, 0.3) is 0 Å². The van der Waals surface area contributed by atoms with Gasteiger partial charge in [0.15, 0.2) is 11.5 Å². The van der Waals surface area contributed by atoms with Gasteiger partial charge in [-0.3, -0.25) is 0 Å². The van der Waals surface area contributed by atoms with Crippen LogP contribution in [0.4, 0.5) is 0 Å². The van der Waals surface area contributed by atoms with Crippen LogP contribution in [-0.2, 0) is 0 Å². The highest BCUT2D eigenvalue weighted by molar-refractivity contribution is 5.66. The van der Waals surface area contributed by atoms with Gasteiger partial charge in [-0.25, -0.2) is 4.98 Å². The Hall–Kier alpha value is -2.75. The Labute approximate surface area is 159 Å². The predicted molar refractivity (Wildman–Crippen MR) is 106 cm³/mol. The van der Waals surface area contributed by atoms with Crippen molar-refractivity contribution in [2.75, 3.05) is 6.61 Å². The molecule has 0 radical (unpaired) electrons. The van der Waals surface area contributed by atoms with Crippen LogP contribution < -0.4 is 4.74 Å². The van der Waals surface area contributed by atoms with E-state index in [0.717, 1.165) is 16.7 Å². The SMILES string of the molecule is Cc1ccccc1-c1nc(-c2ccc(OCC3CCCCC3)c(O)c2)co1. The average Bonchev–Trinajstić information content (AvgIpc) is 3.18. The first-order valence-corrected chi connectivity index (χ1v) is 9.68. The van der Waals surface area contributed by atoms with Crippen LogP contribution in [0.1, 0.15) is 37.7 Å². The first-order valence-electron chi connectivity index (χ1n) is 9.68. The summed E-state index contributed by atoms with van der Waals surface area (Å²) in [7, 11) is 0. The van der Waals surface area contributed by atoms with Crippen LogP contribution in [0.15, 0.2) is 53.1 Å². The number of phenolic OH excluding ortho intramolecular Hbond substituents is 1. The summed E-state index contributed by atoms with van der Waals surface area (Å²) in [6.07, 6.45) is 7.97. The van der Waals surface area contributed by atoms with Gasteiger partial charge in [0, 0.05) is 11.1 Å². The highest BCUT2D eigenvalue weighted by atomic mass is 16.5. The van der Waals surface area contributed by atoms with Crippen LogP contribution in [0.3, 0.4) is 0 Å². The summed E-state index contributed by atoms with van der Waals surface area (Å²) in [6, 6.07) is 13.4. The molecule has 4 nitrogen and oxygen atoms in total. The van der Waals surface area contributed by atoms with Crippen molar-refractivity contribution in [3.63, 3.8) is 0 Å². The standard InChI is InChI=1S/C23H25NO3/c1-16-7-5-6-10-19(16)23-24-20(15-27-23)18-11-12-22(21(25)13-18)26-14-17-8-3-2-4-9-17/h5-7,10-13,15,17,25H,2-4,8-9,14H2,1H3. The smallest absolute Gasteiger partial charge is 0.226 e. The molecule has 0 unspecified atom stereocenters. The molecule has 0 aliphatic heterocycles. The summed E-state index contributed by atoms with van der Waals surface area (Å²) in [4.78, 5) is 4.58. The van der Waals surface area contributed by atoms with Gasteiger partial charge in [0.1, 0.15) is 12.0 Å². The van der Waals surface area contributed by atoms with Crippen LogP contribution >= 0.6 is 0 Å². The normalized spacial score (nSPS) is 15.0. The third-order valence-electron chi connectivity index (χ3n) is 5.33. The van der Waals surface area contributed by atoms with Crippen molar-refractivity contribution >= 4 is 0 Å². The molecule has 0 atom stereocenters. The van der Waals surface area contributed by atoms with Crippen LogP contribution in [0.25, 0.3) is 22.7 Å². The number of hydrogen-bond acceptors (Lipinski definition) is 4. The quantitative estimate of drug-likeness (QED) is 0.606. The number of hydrogen-bond donors (Lipinski definition) is 1. The van der Waals surface area contributed by atoms with Gasteiger partial charge in [-0.1, -0.05) is 37.5 Å². The minimum atomic E-state index is 0.142. The summed E-state index contributed by atoms with van der Waals surface area (Å²) in [5, 5.41) is 10.4. The van der Waals surface area contributed by atoms with E-state index in [1.165, 1.54) is 32.1 Å². The molecule has 1 N–H and O–H groups in total. The fourth-order valence-corrected chi connectivity index (χ4v) is 3.70. The highest BCUT2D eigenvalue weighted by Crippen LogP contribution is 2.34. The molecule has 27 heavy (non-hydrogen) atoms. The van der Waals surface area contributed by atoms with Crippen LogP contribution in [-0.4, -0.2) is 16.7 Å². The number of aromatic nitrogens is 1. The lowest BCUT2D eigenvalue weighted by Crippen LogP contribution is -2.15. The topological polar surface area (TPSA) is 55.5 Å². The second-order valence-corrected chi connectivity index (χ2v) is 7.35. The number of rotatable bonds is 5. The molecule has 1 aliphatic rings. The molecule has 0 amide bonds. The average molecular weight is 363 g/mol. The minimum absolute atomic E-state index is 0.142. The van der Waals surface area contributed by atoms with E-state index in [9.17, 15) is 5.11 Å². The molecular formula is C23H25NO3. The first kappa shape index (κ1) is 17.7. The number of ether oxygens (including phenoxy) is 1. The zero-order chi connectivity index (χ0) is 18.6. The second kappa shape index (κ2) is 7.87. The maximum atomic E-state index is 10.4. The molecule has 0 saturated heterocycles. The van der Waals surface area contributed by atoms with Gasteiger partial charge >= 0.3 is 0 Å². The zero-order valence-electron chi connectivity index (χ0n) is 15.6. The van der Waals surface area contributed by atoms with Crippen molar-refractivity contribution in [2.45, 2.75) is 39.0 Å². The van der Waals surface area contributed by atoms with Crippen molar-refractivity contribution in [1.82, 2.24) is 4.98 Å². The lowest BCUT2D eigenvalue weighted by atomic mass is 9.90. The van der Waals surface area contributed by atoms with E-state index in [-0.39, 0.29) is 5.75 Å². The monoisotopic (exact) mass is 363 g/mol. The number of aryl methyl sites for hydroxylation is 1. The lowest BCUT2D eigenvalue weighted by molar-refractivity contribution is 0.203. The molecular weight excluding hydrogens is 338 g/mol. The molecule has 3 aromatic rings. The van der Waals surface area contributed by atoms with Gasteiger partial charge in [-0.05, 0) is 55.5 Å². The molecule has 2 aromatic carbocycles. The third-order valence-corrected chi connectivity index (χ3v) is 5.33. The Morgan fingerprint density at radius 3 is 2.70 bits per heavy atom. The third kappa shape index (κ3) is 4.00. The number of phenols is 1. The van der Waals surface area contributed by atoms with E-state index in [4.69, 9.17) is 9.15 Å². The molecule has 4 heteroatoms. The van der Waals surface area contributed by atoms with Crippen LogP contribution in [0.5, 0.6) is 11.5 Å². The summed E-state index contributed by atoms with van der Waals surface area (Å²) in [5.74, 6) is 1.86. The van der Waals surface area contributed by atoms with Crippen molar-refractivity contribution in [1.29, 1.82) is 0 Å². The van der Waals surface area contributed by atoms with E-state index in [2.05, 4.69) is 4.98 Å². The van der Waals surface area contributed by atoms with Crippen LogP contribution in [0.2, 0.25) is 0 Å². The molecule has 0 bridgehead atoms. The number of benzene rings is 2. The molecule has 140 valence electrons. The van der Waals surface area contributed by atoms with Gasteiger partial charge in [-0.15, -0.1) is 0 Å². The van der Waals surface area contributed by atoms with E-state index < -0.39 is 0 Å². The van der Waals surface area contributed by atoms with Gasteiger partial charge < -0.3 is 14.3 Å². The van der Waals surface area contributed by atoms with Crippen LogP contribution in [0, 0.1) is 12.8 Å². The first-order chi connectivity index (χ1) is 13.2. The van der Waals surface area contributed by atoms with Crippen molar-refractivity contribution in [3.05, 3.63) is 54.3 Å². The predicted octanol–water partition coefficient (Wildman–Crippen LogP) is 5.98. The maximum absolute atomic E-state index is 10.4. The van der Waals surface area contributed by atoms with Crippen molar-refractivity contribution < 1.29 is 14.3 Å². The lowest BCUT2D eigenvalue weighted by Gasteiger charge is -2.21. The van der Waals surface area contributed by atoms with Gasteiger partial charge in [-0.2, -0.15) is 0 Å². The Bertz CT molecular complexity index is 909. The summed E-state index contributed by atoms with van der Waals surface area (Å²) in [5.41, 5.74) is 3.59. The summed E-state index contributed by atoms with van der Waals surface area (Å²) in [6.45, 7) is 2.71. The van der Waals surface area contributed by atoms with Crippen molar-refractivity contribution in [3.8, 4) is 34.2 Å². The van der Waals surface area contributed by atoms with Crippen molar-refractivity contribution in [2.24, 2.45) is 5.92 Å². The Balaban J connectivity index is 1.48. The van der Waals surface area contributed by atoms with E-state index in [1.54, 1.807) is 12.3 Å². The zero-order valence-corrected chi connectivity index (χ0v) is 15.6. The Kier molecular flexibility index (Phi) is 5.14. The van der Waals surface area contributed by atoms with Gasteiger partial charge in [0.05, 0.1) is 6.61 Å². The maximum Gasteiger partial charge on any atom is 0.226 e.